The van der Waals surface area contributed by atoms with Crippen LogP contribution in [0.25, 0.3) is 44.1 Å². The van der Waals surface area contributed by atoms with Gasteiger partial charge in [0.25, 0.3) is 22.9 Å². The number of benzene rings is 4. The van der Waals surface area contributed by atoms with E-state index in [1.54, 1.807) is 29.3 Å². The largest absolute Gasteiger partial charge is 0.322 e. The number of halogens is 1. The Labute approximate surface area is 445 Å². The Morgan fingerprint density at radius 1 is 0.640 bits per heavy atom. The molecule has 4 aromatic carbocycles. The van der Waals surface area contributed by atoms with E-state index in [4.69, 9.17) is 5.10 Å². The predicted octanol–water partition coefficient (Wildman–Crippen LogP) is 10.4. The summed E-state index contributed by atoms with van der Waals surface area (Å²) in [7, 11) is 0. The van der Waals surface area contributed by atoms with Crippen molar-refractivity contribution in [1.29, 1.82) is 0 Å². The number of nitrogens with zero attached hydrogens (tertiary/aromatic N) is 8. The molecule has 16 nitrogen and oxygen atoms in total. The zero-order valence-electron chi connectivity index (χ0n) is 41.6. The number of nitrogens with one attached hydrogen (secondary N) is 4. The molecule has 12 rings (SSSR count). The highest BCUT2D eigenvalue weighted by Gasteiger charge is 2.44. The summed E-state index contributed by atoms with van der Waals surface area (Å²) in [6.07, 6.45) is 18.9. The number of anilines is 2. The number of fused-ring (bicyclic) bond motifs is 2. The van der Waals surface area contributed by atoms with E-state index >= 15 is 0 Å². The highest BCUT2D eigenvalue weighted by molar-refractivity contribution is 9.09. The predicted molar refractivity (Wildman–Crippen MR) is 302 cm³/mol. The molecule has 0 radical (unpaired) electrons. The quantitative estimate of drug-likeness (QED) is 0.0677. The van der Waals surface area contributed by atoms with Gasteiger partial charge in [-0.05, 0) is 152 Å². The Bertz CT molecular complexity index is 3270. The number of amides is 2. The van der Waals surface area contributed by atoms with Crippen LogP contribution >= 0.6 is 15.9 Å². The molecule has 2 saturated heterocycles. The first-order valence-corrected chi connectivity index (χ1v) is 27.3. The standard InChI is InChI=1S/C25H26N6O2.C25H23N5O2.C7H14BrN.CH4/c32-24(19-16-26-31(17-19)15-5-14-30-12-3-4-13-30)27-20-10-8-18(9-11-20)23-21-6-1-2-7-22(21)25(33)29-28-23;31-24(18-13-26-27-14-18)28-19-11-9-15(10-12-19)22-20-3-1-2-4-21(20)25(32)30(29-22)23(16-5-6-16)17-7-8-17;8-4-3-7-9-5-1-2-6-9;/h1-2,6-11,16-17H,3-5,12-15H2,(H,27,32)(H,29,33);1-4,9-14,16-17,23H,5-8H2,(H,26,27)(H,28,31);1-7H2;1H4. The van der Waals surface area contributed by atoms with Crippen LogP contribution < -0.4 is 21.8 Å². The van der Waals surface area contributed by atoms with Crippen LogP contribution in [0.15, 0.2) is 131 Å². The Balaban J connectivity index is 0.000000156. The van der Waals surface area contributed by atoms with Gasteiger partial charge >= 0.3 is 0 Å². The molecule has 6 heterocycles. The number of aryl methyl sites for hydroxylation is 1. The number of hydrogen-bond donors (Lipinski definition) is 4. The molecule has 8 aromatic rings. The van der Waals surface area contributed by atoms with E-state index in [1.807, 2.05) is 95.7 Å². The van der Waals surface area contributed by atoms with Gasteiger partial charge in [0, 0.05) is 57.5 Å². The lowest BCUT2D eigenvalue weighted by Gasteiger charge is -2.20. The summed E-state index contributed by atoms with van der Waals surface area (Å²) in [5.41, 5.74) is 5.44. The lowest BCUT2D eigenvalue weighted by Crippen LogP contribution is -2.30. The zero-order chi connectivity index (χ0) is 50.8. The lowest BCUT2D eigenvalue weighted by molar-refractivity contribution is 0.101. The topological polar surface area (TPSA) is 192 Å². The van der Waals surface area contributed by atoms with E-state index in [1.165, 1.54) is 96.7 Å². The molecular weight excluding hydrogens is 1010 g/mol. The third-order valence-corrected chi connectivity index (χ3v) is 14.9. The molecule has 0 atom stereocenters. The number of hydrogen-bond acceptors (Lipinski definition) is 10. The highest BCUT2D eigenvalue weighted by atomic mass is 79.9. The first kappa shape index (κ1) is 52.8. The van der Waals surface area contributed by atoms with Crippen molar-refractivity contribution in [3.05, 3.63) is 154 Å². The van der Waals surface area contributed by atoms with Crippen LogP contribution in [0.3, 0.4) is 0 Å². The van der Waals surface area contributed by atoms with Gasteiger partial charge in [0.2, 0.25) is 0 Å². The molecule has 0 bridgehead atoms. The second kappa shape index (κ2) is 25.0. The SMILES string of the molecule is BrCCCN1CCCC1.C.O=C(Nc1ccc(-c2n[nH]c(=O)c3ccccc23)cc1)c1cnn(CCCN2CCCC2)c1.O=C(Nc1ccc(-c2nn(C(C3CC3)C3CC3)c(=O)c3ccccc23)cc1)c1cn[nH]c1. The van der Waals surface area contributed by atoms with Crippen LogP contribution in [0.5, 0.6) is 0 Å². The molecule has 2 saturated carbocycles. The molecule has 0 spiro atoms. The fraction of sp³-hybridized carbons (Fsp3) is 0.379. The number of likely N-dealkylation sites (tertiary alicyclic amines) is 2. The first-order chi connectivity index (χ1) is 36.3. The molecule has 4 aliphatic rings. The average molecular weight is 1080 g/mol. The van der Waals surface area contributed by atoms with Crippen LogP contribution in [0.4, 0.5) is 11.4 Å². The van der Waals surface area contributed by atoms with Gasteiger partial charge in [-0.15, -0.1) is 0 Å². The first-order valence-electron chi connectivity index (χ1n) is 26.1. The number of alkyl halides is 1. The highest BCUT2D eigenvalue weighted by Crippen LogP contribution is 2.51. The summed E-state index contributed by atoms with van der Waals surface area (Å²) in [4.78, 5) is 55.3. The lowest BCUT2D eigenvalue weighted by atomic mass is 10.0. The van der Waals surface area contributed by atoms with E-state index in [0.29, 0.717) is 50.8 Å². The summed E-state index contributed by atoms with van der Waals surface area (Å²) in [6, 6.07) is 30.3. The zero-order valence-corrected chi connectivity index (χ0v) is 43.2. The van der Waals surface area contributed by atoms with E-state index < -0.39 is 0 Å². The maximum absolute atomic E-state index is 13.4. The van der Waals surface area contributed by atoms with Crippen molar-refractivity contribution in [2.75, 3.05) is 55.2 Å². The van der Waals surface area contributed by atoms with Crippen molar-refractivity contribution in [1.82, 2.24) is 49.8 Å². The van der Waals surface area contributed by atoms with Gasteiger partial charge in [0.1, 0.15) is 0 Å². The third kappa shape index (κ3) is 13.2. The molecule has 2 aliphatic carbocycles. The minimum Gasteiger partial charge on any atom is -0.322 e. The molecule has 2 aliphatic heterocycles. The maximum atomic E-state index is 13.4. The monoisotopic (exact) mass is 1070 g/mol. The van der Waals surface area contributed by atoms with E-state index in [9.17, 15) is 19.2 Å². The van der Waals surface area contributed by atoms with Crippen LogP contribution in [-0.4, -0.2) is 106 Å². The van der Waals surface area contributed by atoms with Gasteiger partial charge in [0.15, 0.2) is 0 Å². The number of aromatic nitrogens is 8. The summed E-state index contributed by atoms with van der Waals surface area (Å²) in [6.45, 7) is 8.25. The minimum atomic E-state index is -0.222. The summed E-state index contributed by atoms with van der Waals surface area (Å²) in [5, 5.41) is 32.4. The summed E-state index contributed by atoms with van der Waals surface area (Å²) < 4.78 is 3.61. The third-order valence-electron chi connectivity index (χ3n) is 14.4. The van der Waals surface area contributed by atoms with E-state index in [2.05, 4.69) is 61.9 Å². The van der Waals surface area contributed by atoms with Gasteiger partial charge in [-0.2, -0.15) is 20.4 Å². The van der Waals surface area contributed by atoms with Crippen LogP contribution in [-0.2, 0) is 6.54 Å². The second-order valence-corrected chi connectivity index (χ2v) is 20.6. The fourth-order valence-electron chi connectivity index (χ4n) is 10.2. The van der Waals surface area contributed by atoms with Crippen LogP contribution in [0.1, 0.15) is 98.4 Å². The van der Waals surface area contributed by atoms with Crippen molar-refractivity contribution >= 4 is 60.7 Å². The van der Waals surface area contributed by atoms with E-state index in [0.717, 1.165) is 52.4 Å². The van der Waals surface area contributed by atoms with Gasteiger partial charge < -0.3 is 20.4 Å². The van der Waals surface area contributed by atoms with Gasteiger partial charge in [0.05, 0.1) is 51.7 Å². The Kier molecular flexibility index (Phi) is 17.6. The molecule has 4 N–H and O–H groups in total. The molecule has 2 amide bonds. The van der Waals surface area contributed by atoms with Crippen molar-refractivity contribution in [2.24, 2.45) is 11.8 Å². The fourth-order valence-corrected chi connectivity index (χ4v) is 10.4. The number of aromatic amines is 2. The Morgan fingerprint density at radius 2 is 1.17 bits per heavy atom. The number of H-pyrrole nitrogens is 2. The number of carbonyl (C=O) groups excluding carboxylic acids is 2. The van der Waals surface area contributed by atoms with Gasteiger partial charge in [-0.3, -0.25) is 29.0 Å². The molecule has 0 unspecified atom stereocenters. The van der Waals surface area contributed by atoms with Crippen molar-refractivity contribution < 1.29 is 9.59 Å². The molecular formula is C58H67BrN12O4. The van der Waals surface area contributed by atoms with Crippen molar-refractivity contribution in [3.63, 3.8) is 0 Å². The van der Waals surface area contributed by atoms with Crippen molar-refractivity contribution in [3.8, 4) is 22.5 Å². The molecule has 17 heteroatoms. The van der Waals surface area contributed by atoms with E-state index in [-0.39, 0.29) is 36.4 Å². The molecule has 390 valence electrons. The number of carbonyl (C=O) groups is 2. The van der Waals surface area contributed by atoms with Gasteiger partial charge in [-0.1, -0.05) is 84.0 Å². The van der Waals surface area contributed by atoms with Crippen LogP contribution in [0.2, 0.25) is 0 Å². The number of rotatable bonds is 16. The summed E-state index contributed by atoms with van der Waals surface area (Å²) in [5.74, 6) is 0.728. The van der Waals surface area contributed by atoms with Gasteiger partial charge in [-0.25, -0.2) is 9.78 Å². The molecule has 4 fully saturated rings. The average Bonchev–Trinajstić information content (AvgIpc) is 4.08. The molecule has 75 heavy (non-hydrogen) atoms. The Morgan fingerprint density at radius 3 is 1.73 bits per heavy atom. The second-order valence-electron chi connectivity index (χ2n) is 19.8. The Hall–Kier alpha value is -7.08. The minimum absolute atomic E-state index is 0. The smallest absolute Gasteiger partial charge is 0.274 e. The maximum Gasteiger partial charge on any atom is 0.274 e. The normalized spacial score (nSPS) is 15.5. The molecule has 4 aromatic heterocycles. The van der Waals surface area contributed by atoms with Crippen LogP contribution in [0, 0.1) is 11.8 Å². The summed E-state index contributed by atoms with van der Waals surface area (Å²) >= 11 is 3.43. The van der Waals surface area contributed by atoms with Crippen molar-refractivity contribution in [2.45, 2.75) is 84.2 Å².